The van der Waals surface area contributed by atoms with Gasteiger partial charge in [0, 0.05) is 44.6 Å². The molecule has 0 spiro atoms. The third-order valence-electron chi connectivity index (χ3n) is 7.73. The van der Waals surface area contributed by atoms with E-state index in [9.17, 15) is 45.0 Å². The maximum atomic E-state index is 12.6. The van der Waals surface area contributed by atoms with E-state index in [1.807, 2.05) is 6.08 Å². The van der Waals surface area contributed by atoms with Gasteiger partial charge in [-0.25, -0.2) is 4.79 Å². The number of esters is 1. The van der Waals surface area contributed by atoms with Crippen molar-refractivity contribution in [2.75, 3.05) is 0 Å². The number of allylic oxidation sites excluding steroid dienone is 6. The molecule has 0 aromatic carbocycles. The molecule has 7 unspecified atom stereocenters. The smallest absolute Gasteiger partial charge is 0.330 e. The van der Waals surface area contributed by atoms with Crippen LogP contribution in [0.15, 0.2) is 60.8 Å². The molecule has 3 rings (SSSR count). The lowest BCUT2D eigenvalue weighted by Crippen LogP contribution is -2.58. The number of hydrogen-bond acceptors (Lipinski definition) is 13. The molecule has 0 radical (unpaired) electrons. The number of ketones is 1. The van der Waals surface area contributed by atoms with E-state index in [4.69, 9.17) is 24.7 Å². The van der Waals surface area contributed by atoms with Gasteiger partial charge in [0.1, 0.15) is 29.6 Å². The van der Waals surface area contributed by atoms with Crippen LogP contribution in [0.1, 0.15) is 58.8 Å². The van der Waals surface area contributed by atoms with E-state index in [2.05, 4.69) is 0 Å². The van der Waals surface area contributed by atoms with E-state index < -0.39 is 104 Å². The highest BCUT2D eigenvalue weighted by atomic mass is 16.8. The zero-order chi connectivity index (χ0) is 34.8. The fourth-order valence-electron chi connectivity index (χ4n) is 5.62. The second kappa shape index (κ2) is 21.3. The number of Topliss-reactive ketones (excluding diaryl/α,β-unsaturated/α-hetero) is 1. The molecule has 0 aromatic heterocycles. The van der Waals surface area contributed by atoms with Gasteiger partial charge >= 0.3 is 11.9 Å². The molecule has 17 heteroatoms. The van der Waals surface area contributed by atoms with Crippen LogP contribution in [0, 0.1) is 5.92 Å². The standard InChI is InChI=1S/C33H47NO13.3H2O/c1-20-10-8-6-4-3-5-7-9-11-24(47-33(43)19-32(34,42)18-21(2)46-33)17-26(38)30(31(40)41)25(37)15-22(35)14-23(36)16-28-27(45-28)12-13-29(39)44-20;;;/h3-9,11-13,20-21,23-28,30,36-38,42-43H,10,14-19,34H2,1-2H3,(H,40,41);3*1H2/b4-3+,7-5-,8-6+,11-9+,13-12+;;;/t20-,21-,23?,24?,25?,26?,27?,28?,30?,32-,33-;;;/m1.../s1. The molecule has 286 valence electrons. The molecule has 17 nitrogen and oxygen atoms in total. The first kappa shape index (κ1) is 46.8. The quantitative estimate of drug-likeness (QED) is 0.0960. The van der Waals surface area contributed by atoms with Gasteiger partial charge in [-0.15, -0.1) is 0 Å². The summed E-state index contributed by atoms with van der Waals surface area (Å²) in [6, 6.07) is 0. The maximum absolute atomic E-state index is 12.6. The number of carbonyl (C=O) groups excluding carboxylic acids is 2. The first-order chi connectivity index (χ1) is 22.1. The summed E-state index contributed by atoms with van der Waals surface area (Å²) >= 11 is 0. The van der Waals surface area contributed by atoms with Crippen molar-refractivity contribution < 1.29 is 80.4 Å². The third kappa shape index (κ3) is 16.2. The van der Waals surface area contributed by atoms with Gasteiger partial charge in [-0.05, 0) is 19.9 Å². The molecule has 0 aromatic rings. The van der Waals surface area contributed by atoms with Gasteiger partial charge in [-0.2, -0.15) is 0 Å². The number of cyclic esters (lactones) is 1. The SMILES string of the molecule is C[C@@H]1C/C=C/C=C/C=C\C=C\C(O[C@@]2(O)C[C@](N)(O)C[C@@H](C)O2)CC(O)C(C(=O)O)C(O)CC(=O)CC(O)CC2OC2/C=C/C(=O)O1.O.O.O. The van der Waals surface area contributed by atoms with Gasteiger partial charge < -0.3 is 71.7 Å². The molecule has 3 heterocycles. The number of fused-ring (bicyclic) bond motifs is 1. The number of rotatable bonds is 3. The maximum Gasteiger partial charge on any atom is 0.330 e. The molecule has 2 saturated heterocycles. The topological polar surface area (TPSA) is 333 Å². The summed E-state index contributed by atoms with van der Waals surface area (Å²) in [5, 5.41) is 63.3. The molecule has 14 N–H and O–H groups in total. The monoisotopic (exact) mass is 719 g/mol. The Hall–Kier alpha value is -3.17. The number of carboxylic acid groups (broad SMARTS) is 1. The van der Waals surface area contributed by atoms with Crippen LogP contribution in [0.25, 0.3) is 0 Å². The lowest BCUT2D eigenvalue weighted by atomic mass is 9.88. The second-order valence-electron chi connectivity index (χ2n) is 12.4. The second-order valence-corrected chi connectivity index (χ2v) is 12.4. The van der Waals surface area contributed by atoms with Gasteiger partial charge in [0.25, 0.3) is 5.97 Å². The van der Waals surface area contributed by atoms with Crippen molar-refractivity contribution >= 4 is 17.7 Å². The van der Waals surface area contributed by atoms with Gasteiger partial charge in [0.15, 0.2) is 0 Å². The highest BCUT2D eigenvalue weighted by molar-refractivity contribution is 5.82. The number of aliphatic hydroxyl groups excluding tert-OH is 3. The van der Waals surface area contributed by atoms with E-state index in [1.54, 1.807) is 44.2 Å². The summed E-state index contributed by atoms with van der Waals surface area (Å²) in [5.74, 6) is -7.00. The number of nitrogens with two attached hydrogens (primary N) is 1. The fraction of sp³-hybridized carbons (Fsp3) is 0.606. The Balaban J connectivity index is 0.00000800. The van der Waals surface area contributed by atoms with E-state index in [-0.39, 0.29) is 35.4 Å². The lowest BCUT2D eigenvalue weighted by Gasteiger charge is -2.43. The number of epoxide rings is 1. The Morgan fingerprint density at radius 1 is 0.900 bits per heavy atom. The van der Waals surface area contributed by atoms with Gasteiger partial charge in [0.05, 0.1) is 43.0 Å². The summed E-state index contributed by atoms with van der Waals surface area (Å²) < 4.78 is 22.0. The van der Waals surface area contributed by atoms with Crippen molar-refractivity contribution in [1.29, 1.82) is 0 Å². The highest BCUT2D eigenvalue weighted by Crippen LogP contribution is 2.34. The van der Waals surface area contributed by atoms with Crippen molar-refractivity contribution in [1.82, 2.24) is 0 Å². The summed E-state index contributed by atoms with van der Waals surface area (Å²) in [4.78, 5) is 36.9. The molecule has 0 bridgehead atoms. The Kier molecular flexibility index (Phi) is 19.9. The van der Waals surface area contributed by atoms with Crippen LogP contribution in [0.4, 0.5) is 0 Å². The first-order valence-electron chi connectivity index (χ1n) is 15.6. The molecular formula is C33H53NO16. The van der Waals surface area contributed by atoms with Crippen LogP contribution in [0.5, 0.6) is 0 Å². The normalized spacial score (nSPS) is 40.8. The van der Waals surface area contributed by atoms with Gasteiger partial charge in [-0.3, -0.25) is 9.59 Å². The third-order valence-corrected chi connectivity index (χ3v) is 7.73. The molecular weight excluding hydrogens is 666 g/mol. The molecule has 11 atom stereocenters. The van der Waals surface area contributed by atoms with Gasteiger partial charge in [-0.1, -0.05) is 48.6 Å². The van der Waals surface area contributed by atoms with Crippen LogP contribution in [0.2, 0.25) is 0 Å². The predicted octanol–water partition coefficient (Wildman–Crippen LogP) is -1.81. The van der Waals surface area contributed by atoms with Crippen molar-refractivity contribution in [2.24, 2.45) is 11.7 Å². The van der Waals surface area contributed by atoms with E-state index in [1.165, 1.54) is 24.3 Å². The average Bonchev–Trinajstić information content (AvgIpc) is 3.65. The summed E-state index contributed by atoms with van der Waals surface area (Å²) in [7, 11) is 0. The highest BCUT2D eigenvalue weighted by Gasteiger charge is 2.48. The van der Waals surface area contributed by atoms with Crippen molar-refractivity contribution in [2.45, 2.75) is 119 Å². The molecule has 0 aliphatic carbocycles. The molecule has 2 fully saturated rings. The van der Waals surface area contributed by atoms with E-state index >= 15 is 0 Å². The predicted molar refractivity (Wildman–Crippen MR) is 177 cm³/mol. The number of aliphatic carboxylic acids is 1. The molecule has 3 aliphatic rings. The lowest BCUT2D eigenvalue weighted by molar-refractivity contribution is -0.416. The van der Waals surface area contributed by atoms with Crippen molar-refractivity contribution in [3.63, 3.8) is 0 Å². The number of carboxylic acids is 1. The van der Waals surface area contributed by atoms with Gasteiger partial charge in [0.2, 0.25) is 0 Å². The Bertz CT molecular complexity index is 1230. The summed E-state index contributed by atoms with van der Waals surface area (Å²) in [5.41, 5.74) is 4.02. The zero-order valence-corrected chi connectivity index (χ0v) is 28.0. The van der Waals surface area contributed by atoms with Crippen molar-refractivity contribution in [3.8, 4) is 0 Å². The number of ether oxygens (including phenoxy) is 4. The average molecular weight is 720 g/mol. The van der Waals surface area contributed by atoms with Crippen molar-refractivity contribution in [3.05, 3.63) is 60.8 Å². The minimum absolute atomic E-state index is 0. The van der Waals surface area contributed by atoms with E-state index in [0.29, 0.717) is 6.42 Å². The molecule has 3 aliphatic heterocycles. The summed E-state index contributed by atoms with van der Waals surface area (Å²) in [6.45, 7) is 3.31. The van der Waals surface area contributed by atoms with Crippen LogP contribution in [-0.4, -0.2) is 125 Å². The number of carbonyl (C=O) groups is 3. The Morgan fingerprint density at radius 3 is 2.18 bits per heavy atom. The van der Waals surface area contributed by atoms with Crippen LogP contribution < -0.4 is 5.73 Å². The molecule has 50 heavy (non-hydrogen) atoms. The first-order valence-corrected chi connectivity index (χ1v) is 15.6. The molecule has 0 saturated carbocycles. The van der Waals surface area contributed by atoms with Crippen LogP contribution in [0.3, 0.4) is 0 Å². The molecule has 0 amide bonds. The Labute approximate surface area is 289 Å². The van der Waals surface area contributed by atoms with Crippen LogP contribution >= 0.6 is 0 Å². The number of hydrogen-bond donors (Lipinski definition) is 7. The fourth-order valence-corrected chi connectivity index (χ4v) is 5.62. The van der Waals surface area contributed by atoms with E-state index in [0.717, 1.165) is 0 Å². The van der Waals surface area contributed by atoms with Crippen LogP contribution in [-0.2, 0) is 33.3 Å². The Morgan fingerprint density at radius 2 is 1.54 bits per heavy atom. The summed E-state index contributed by atoms with van der Waals surface area (Å²) in [6.07, 6.45) is 6.48. The minimum Gasteiger partial charge on any atom is -0.481 e. The minimum atomic E-state index is -2.39. The zero-order valence-electron chi connectivity index (χ0n) is 28.0. The largest absolute Gasteiger partial charge is 0.481 e. The number of aliphatic hydroxyl groups is 5.